The molecule has 1 rings (SSSR count). The molecule has 22 heavy (non-hydrogen) atoms. The van der Waals surface area contributed by atoms with E-state index in [1.165, 1.54) is 0 Å². The summed E-state index contributed by atoms with van der Waals surface area (Å²) < 4.78 is 10.7. The molecule has 2 atom stereocenters. The van der Waals surface area contributed by atoms with E-state index in [9.17, 15) is 4.79 Å². The van der Waals surface area contributed by atoms with Gasteiger partial charge in [0, 0.05) is 24.2 Å². The van der Waals surface area contributed by atoms with Crippen LogP contribution < -0.4 is 0 Å². The number of hydrogen-bond donors (Lipinski definition) is 0. The first kappa shape index (κ1) is 19.9. The van der Waals surface area contributed by atoms with E-state index in [1.54, 1.807) is 0 Å². The number of esters is 1. The van der Waals surface area contributed by atoms with Crippen LogP contribution in [-0.2, 0) is 9.53 Å². The smallest absolute Gasteiger partial charge is 0.313 e. The van der Waals surface area contributed by atoms with Crippen LogP contribution in [0, 0.1) is 0 Å². The van der Waals surface area contributed by atoms with Gasteiger partial charge in [0.15, 0.2) is 0 Å². The molecule has 0 aromatic carbocycles. The molecule has 0 spiro atoms. The first-order valence-electron chi connectivity index (χ1n) is 8.50. The number of hydrogen-bond acceptors (Lipinski definition) is 4. The molecule has 1 saturated heterocycles. The summed E-state index contributed by atoms with van der Waals surface area (Å²) in [5, 5.41) is 0. The highest BCUT2D eigenvalue weighted by Gasteiger charge is 2.41. The molecule has 1 aliphatic rings. The molecule has 2 unspecified atom stereocenters. The molecule has 5 heteroatoms. The highest BCUT2D eigenvalue weighted by atomic mass is 31.1. The Morgan fingerprint density at radius 3 is 1.82 bits per heavy atom. The molecule has 1 aliphatic heterocycles. The minimum atomic E-state index is -0.656. The Bertz CT molecular complexity index is 359. The van der Waals surface area contributed by atoms with Crippen molar-refractivity contribution in [3.05, 3.63) is 0 Å². The first-order valence-corrected chi connectivity index (χ1v) is 9.93. The minimum Gasteiger partial charge on any atom is -0.460 e. The van der Waals surface area contributed by atoms with Gasteiger partial charge in [0.2, 0.25) is 0 Å². The summed E-state index contributed by atoms with van der Waals surface area (Å²) in [6.07, 6.45) is 1.65. The van der Waals surface area contributed by atoms with Crippen LogP contribution in [0.4, 0.5) is 0 Å². The van der Waals surface area contributed by atoms with E-state index in [1.807, 2.05) is 20.8 Å². The summed E-state index contributed by atoms with van der Waals surface area (Å²) in [6.45, 7) is 19.3. The average molecular weight is 330 g/mol. The van der Waals surface area contributed by atoms with E-state index < -0.39 is 13.8 Å². The molecule has 1 heterocycles. The van der Waals surface area contributed by atoms with Gasteiger partial charge >= 0.3 is 5.97 Å². The standard InChI is InChI=1S/C17H35N2O2P/c1-12(2)18-14(5)10-15(6)19(13(3)4)22(18)11-16(20)21-17(7,8)9/h12-15H,10-11H2,1-9H3. The topological polar surface area (TPSA) is 32.8 Å². The van der Waals surface area contributed by atoms with Crippen molar-refractivity contribution in [1.29, 1.82) is 0 Å². The molecule has 130 valence electrons. The lowest BCUT2D eigenvalue weighted by Crippen LogP contribution is -2.52. The number of carbonyl (C=O) groups excluding carboxylic acids is 1. The zero-order valence-electron chi connectivity index (χ0n) is 15.9. The van der Waals surface area contributed by atoms with E-state index in [2.05, 4.69) is 50.9 Å². The molecule has 0 bridgehead atoms. The van der Waals surface area contributed by atoms with Crippen LogP contribution in [0.15, 0.2) is 0 Å². The van der Waals surface area contributed by atoms with Crippen molar-refractivity contribution >= 4 is 14.2 Å². The SMILES string of the molecule is CC(C)N1C(C)CC(C)N(C(C)C)P1CC(=O)OC(C)(C)C. The average Bonchev–Trinajstić information content (AvgIpc) is 2.23. The zero-order valence-corrected chi connectivity index (χ0v) is 16.8. The van der Waals surface area contributed by atoms with Crippen molar-refractivity contribution in [2.24, 2.45) is 0 Å². The van der Waals surface area contributed by atoms with Crippen molar-refractivity contribution < 1.29 is 9.53 Å². The molecule has 0 radical (unpaired) electrons. The van der Waals surface area contributed by atoms with E-state index >= 15 is 0 Å². The quantitative estimate of drug-likeness (QED) is 0.570. The van der Waals surface area contributed by atoms with Crippen LogP contribution in [-0.4, -0.2) is 51.2 Å². The van der Waals surface area contributed by atoms with Crippen LogP contribution in [0.25, 0.3) is 0 Å². The van der Waals surface area contributed by atoms with E-state index in [-0.39, 0.29) is 5.97 Å². The molecule has 0 aromatic heterocycles. The Hall–Kier alpha value is -0.180. The summed E-state index contributed by atoms with van der Waals surface area (Å²) in [5.74, 6) is -0.0730. The number of rotatable bonds is 4. The molecule has 4 nitrogen and oxygen atoms in total. The van der Waals surface area contributed by atoms with Gasteiger partial charge < -0.3 is 4.74 Å². The van der Waals surface area contributed by atoms with Crippen molar-refractivity contribution in [2.45, 2.75) is 98.5 Å². The Morgan fingerprint density at radius 2 is 1.50 bits per heavy atom. The van der Waals surface area contributed by atoms with Gasteiger partial charge in [-0.15, -0.1) is 0 Å². The zero-order chi connectivity index (χ0) is 17.2. The molecule has 0 aliphatic carbocycles. The van der Waals surface area contributed by atoms with Crippen molar-refractivity contribution in [3.63, 3.8) is 0 Å². The normalized spacial score (nSPS) is 28.4. The molecule has 0 N–H and O–H groups in total. The number of carbonyl (C=O) groups is 1. The second-order valence-corrected chi connectivity index (χ2v) is 9.98. The van der Waals surface area contributed by atoms with Gasteiger partial charge in [0.25, 0.3) is 0 Å². The van der Waals surface area contributed by atoms with Crippen LogP contribution >= 0.6 is 8.22 Å². The van der Waals surface area contributed by atoms with Crippen LogP contribution in [0.2, 0.25) is 0 Å². The van der Waals surface area contributed by atoms with E-state index in [4.69, 9.17) is 4.74 Å². The fourth-order valence-corrected chi connectivity index (χ4v) is 6.51. The van der Waals surface area contributed by atoms with Gasteiger partial charge in [-0.2, -0.15) is 0 Å². The summed E-state index contributed by atoms with van der Waals surface area (Å²) in [4.78, 5) is 12.4. The second kappa shape index (κ2) is 7.59. The predicted octanol–water partition coefficient (Wildman–Crippen LogP) is 4.24. The number of nitrogens with zero attached hydrogens (tertiary/aromatic N) is 2. The summed E-state index contributed by atoms with van der Waals surface area (Å²) >= 11 is 0. The summed E-state index contributed by atoms with van der Waals surface area (Å²) in [5.41, 5.74) is -0.412. The van der Waals surface area contributed by atoms with Gasteiger partial charge in [-0.25, -0.2) is 0 Å². The summed E-state index contributed by atoms with van der Waals surface area (Å²) in [6, 6.07) is 1.91. The van der Waals surface area contributed by atoms with Crippen molar-refractivity contribution in [1.82, 2.24) is 9.34 Å². The maximum absolute atomic E-state index is 12.4. The molecule has 0 aromatic rings. The monoisotopic (exact) mass is 330 g/mol. The highest BCUT2D eigenvalue weighted by molar-refractivity contribution is 7.53. The van der Waals surface area contributed by atoms with Gasteiger partial charge in [-0.05, 0) is 68.7 Å². The Balaban J connectivity index is 3.00. The third-order valence-corrected chi connectivity index (χ3v) is 7.19. The van der Waals surface area contributed by atoms with Gasteiger partial charge in [0.05, 0.1) is 14.4 Å². The third kappa shape index (κ3) is 5.18. The van der Waals surface area contributed by atoms with E-state index in [0.717, 1.165) is 6.42 Å². The lowest BCUT2D eigenvalue weighted by atomic mass is 10.1. The fraction of sp³-hybridized carbons (Fsp3) is 0.941. The molecular formula is C17H35N2O2P. The molecule has 1 fully saturated rings. The van der Waals surface area contributed by atoms with Gasteiger partial charge in [-0.1, -0.05) is 0 Å². The van der Waals surface area contributed by atoms with Gasteiger partial charge in [-0.3, -0.25) is 14.1 Å². The Kier molecular flexibility index (Phi) is 6.86. The Labute approximate surface area is 138 Å². The predicted molar refractivity (Wildman–Crippen MR) is 95.1 cm³/mol. The fourth-order valence-electron chi connectivity index (χ4n) is 3.49. The third-order valence-electron chi connectivity index (χ3n) is 3.87. The second-order valence-electron chi connectivity index (χ2n) is 8.00. The maximum atomic E-state index is 12.4. The molecule has 0 amide bonds. The minimum absolute atomic E-state index is 0.0730. The van der Waals surface area contributed by atoms with Crippen molar-refractivity contribution in [2.75, 3.05) is 6.16 Å². The maximum Gasteiger partial charge on any atom is 0.313 e. The lowest BCUT2D eigenvalue weighted by molar-refractivity contribution is -0.151. The largest absolute Gasteiger partial charge is 0.460 e. The van der Waals surface area contributed by atoms with Crippen LogP contribution in [0.3, 0.4) is 0 Å². The molecular weight excluding hydrogens is 295 g/mol. The van der Waals surface area contributed by atoms with E-state index in [0.29, 0.717) is 30.3 Å². The molecule has 0 saturated carbocycles. The first-order chi connectivity index (χ1) is 9.94. The van der Waals surface area contributed by atoms with Crippen LogP contribution in [0.5, 0.6) is 0 Å². The van der Waals surface area contributed by atoms with Crippen molar-refractivity contribution in [3.8, 4) is 0 Å². The summed E-state index contributed by atoms with van der Waals surface area (Å²) in [7, 11) is -0.656. The van der Waals surface area contributed by atoms with Crippen LogP contribution in [0.1, 0.15) is 68.7 Å². The highest BCUT2D eigenvalue weighted by Crippen LogP contribution is 2.54. The van der Waals surface area contributed by atoms with Gasteiger partial charge in [0.1, 0.15) is 5.60 Å². The lowest BCUT2D eigenvalue weighted by Gasteiger charge is -2.53. The number of ether oxygens (including phenoxy) is 1. The Morgan fingerprint density at radius 1 is 1.09 bits per heavy atom.